The number of aliphatic hydroxyl groups is 1. The number of hydrogen-bond donors (Lipinski definition) is 2. The Morgan fingerprint density at radius 1 is 1.40 bits per heavy atom. The van der Waals surface area contributed by atoms with Crippen molar-refractivity contribution in [3.8, 4) is 0 Å². The van der Waals surface area contributed by atoms with Crippen molar-refractivity contribution in [1.29, 1.82) is 0 Å². The monoisotopic (exact) mass is 149 g/mol. The second-order valence-corrected chi connectivity index (χ2v) is 2.06. The van der Waals surface area contributed by atoms with Gasteiger partial charge in [-0.3, -0.25) is 5.32 Å². The van der Waals surface area contributed by atoms with Gasteiger partial charge >= 0.3 is 0 Å². The maximum Gasteiger partial charge on any atom is 0.215 e. The lowest BCUT2D eigenvalue weighted by atomic mass is 10.4. The Balaban J connectivity index is 3.26. The molecule has 0 bridgehead atoms. The summed E-state index contributed by atoms with van der Waals surface area (Å²) < 4.78 is 9.61. The zero-order chi connectivity index (χ0) is 7.98. The lowest BCUT2D eigenvalue weighted by molar-refractivity contribution is -0.126. The van der Waals surface area contributed by atoms with Gasteiger partial charge in [-0.15, -0.1) is 0 Å². The fourth-order valence-corrected chi connectivity index (χ4v) is 0.530. The summed E-state index contributed by atoms with van der Waals surface area (Å²) in [6.07, 6.45) is -0.803. The second kappa shape index (κ2) is 5.61. The largest absolute Gasteiger partial charge is 0.392 e. The van der Waals surface area contributed by atoms with Crippen molar-refractivity contribution in [2.24, 2.45) is 0 Å². The molecule has 2 N–H and O–H groups in total. The van der Waals surface area contributed by atoms with Crippen molar-refractivity contribution >= 4 is 0 Å². The van der Waals surface area contributed by atoms with Gasteiger partial charge in [0.2, 0.25) is 6.41 Å². The zero-order valence-corrected chi connectivity index (χ0v) is 6.63. The Morgan fingerprint density at radius 3 is 2.20 bits per heavy atom. The Bertz CT molecular complexity index is 73.4. The van der Waals surface area contributed by atoms with Crippen molar-refractivity contribution in [3.05, 3.63) is 0 Å². The van der Waals surface area contributed by atoms with Crippen LogP contribution < -0.4 is 5.32 Å². The van der Waals surface area contributed by atoms with E-state index in [2.05, 4.69) is 5.32 Å². The molecule has 62 valence electrons. The minimum absolute atomic E-state index is 0.382. The normalized spacial score (nSPS) is 14.1. The van der Waals surface area contributed by atoms with E-state index >= 15 is 0 Å². The predicted octanol–water partition coefficient (Wildman–Crippen LogP) is -0.467. The molecule has 10 heavy (non-hydrogen) atoms. The highest BCUT2D eigenvalue weighted by Crippen LogP contribution is 1.85. The van der Waals surface area contributed by atoms with Crippen LogP contribution in [0.1, 0.15) is 6.92 Å². The van der Waals surface area contributed by atoms with Crippen LogP contribution in [-0.4, -0.2) is 38.4 Å². The molecule has 0 spiro atoms. The summed E-state index contributed by atoms with van der Waals surface area (Å²) >= 11 is 0. The first-order chi connectivity index (χ1) is 4.70. The van der Waals surface area contributed by atoms with Crippen LogP contribution in [0.15, 0.2) is 0 Å². The fraction of sp³-hybridized carbons (Fsp3) is 1.00. The van der Waals surface area contributed by atoms with E-state index in [-0.39, 0.29) is 6.10 Å². The molecule has 4 nitrogen and oxygen atoms in total. The summed E-state index contributed by atoms with van der Waals surface area (Å²) in [4.78, 5) is 0. The van der Waals surface area contributed by atoms with E-state index in [1.54, 1.807) is 6.92 Å². The van der Waals surface area contributed by atoms with Gasteiger partial charge in [-0.1, -0.05) is 0 Å². The van der Waals surface area contributed by atoms with E-state index in [9.17, 15) is 0 Å². The van der Waals surface area contributed by atoms with Crippen molar-refractivity contribution in [2.45, 2.75) is 19.4 Å². The van der Waals surface area contributed by atoms with Crippen LogP contribution in [0.25, 0.3) is 0 Å². The van der Waals surface area contributed by atoms with Gasteiger partial charge in [0, 0.05) is 20.8 Å². The molecule has 0 aromatic rings. The topological polar surface area (TPSA) is 50.7 Å². The van der Waals surface area contributed by atoms with Crippen molar-refractivity contribution in [2.75, 3.05) is 20.8 Å². The highest BCUT2D eigenvalue weighted by atomic mass is 16.7. The quantitative estimate of drug-likeness (QED) is 0.519. The summed E-state index contributed by atoms with van der Waals surface area (Å²) in [5.41, 5.74) is 0. The number of ether oxygens (including phenoxy) is 2. The number of methoxy groups -OCH3 is 2. The van der Waals surface area contributed by atoms with Gasteiger partial charge in [-0.05, 0) is 6.92 Å². The van der Waals surface area contributed by atoms with Gasteiger partial charge in [0.1, 0.15) is 0 Å². The average Bonchev–Trinajstić information content (AvgIpc) is 1.90. The lowest BCUT2D eigenvalue weighted by Crippen LogP contribution is -2.37. The second-order valence-electron chi connectivity index (χ2n) is 2.06. The molecule has 0 fully saturated rings. The number of aliphatic hydroxyl groups excluding tert-OH is 1. The van der Waals surface area contributed by atoms with Crippen LogP contribution in [-0.2, 0) is 9.47 Å². The molecule has 0 aliphatic rings. The molecule has 0 radical (unpaired) electrons. The summed E-state index contributed by atoms with van der Waals surface area (Å²) in [6.45, 7) is 2.15. The number of rotatable bonds is 5. The molecule has 0 saturated heterocycles. The van der Waals surface area contributed by atoms with E-state index in [4.69, 9.17) is 14.6 Å². The molecule has 1 unspecified atom stereocenters. The molecule has 0 aromatic carbocycles. The van der Waals surface area contributed by atoms with Crippen molar-refractivity contribution < 1.29 is 14.6 Å². The molecule has 0 rings (SSSR count). The van der Waals surface area contributed by atoms with Crippen LogP contribution in [0, 0.1) is 0 Å². The van der Waals surface area contributed by atoms with Crippen LogP contribution in [0.3, 0.4) is 0 Å². The summed E-state index contributed by atoms with van der Waals surface area (Å²) in [5, 5.41) is 11.6. The van der Waals surface area contributed by atoms with Gasteiger partial charge < -0.3 is 14.6 Å². The molecule has 0 amide bonds. The first-order valence-corrected chi connectivity index (χ1v) is 3.17. The highest BCUT2D eigenvalue weighted by Gasteiger charge is 2.03. The summed E-state index contributed by atoms with van der Waals surface area (Å²) in [6, 6.07) is 0. The molecule has 0 aliphatic heterocycles. The van der Waals surface area contributed by atoms with Gasteiger partial charge in [0.05, 0.1) is 6.10 Å². The van der Waals surface area contributed by atoms with Gasteiger partial charge in [-0.2, -0.15) is 0 Å². The van der Waals surface area contributed by atoms with E-state index in [0.29, 0.717) is 6.54 Å². The van der Waals surface area contributed by atoms with Gasteiger partial charge in [0.15, 0.2) is 0 Å². The highest BCUT2D eigenvalue weighted by molar-refractivity contribution is 4.50. The average molecular weight is 149 g/mol. The first-order valence-electron chi connectivity index (χ1n) is 3.17. The Morgan fingerprint density at radius 2 is 1.90 bits per heavy atom. The molecular formula is C6H15NO3. The van der Waals surface area contributed by atoms with Crippen LogP contribution in [0.4, 0.5) is 0 Å². The Kier molecular flexibility index (Phi) is 5.52. The first kappa shape index (κ1) is 9.84. The minimum atomic E-state index is -0.422. The summed E-state index contributed by atoms with van der Waals surface area (Å²) in [5.74, 6) is 0. The molecule has 4 heteroatoms. The van der Waals surface area contributed by atoms with Gasteiger partial charge in [-0.25, -0.2) is 0 Å². The SMILES string of the molecule is COC(NCC(C)O)OC. The molecule has 1 atom stereocenters. The van der Waals surface area contributed by atoms with Crippen molar-refractivity contribution in [3.63, 3.8) is 0 Å². The third kappa shape index (κ3) is 4.69. The Labute approximate surface area is 61.1 Å². The Hall–Kier alpha value is -0.160. The number of nitrogens with one attached hydrogen (secondary N) is 1. The minimum Gasteiger partial charge on any atom is -0.392 e. The lowest BCUT2D eigenvalue weighted by Gasteiger charge is -2.15. The van der Waals surface area contributed by atoms with E-state index < -0.39 is 6.41 Å². The van der Waals surface area contributed by atoms with E-state index in [1.807, 2.05) is 0 Å². The third-order valence-corrected chi connectivity index (χ3v) is 1.01. The number of hydrogen-bond acceptors (Lipinski definition) is 4. The maximum atomic E-state index is 8.82. The molecule has 0 aromatic heterocycles. The molecule has 0 aliphatic carbocycles. The maximum absolute atomic E-state index is 8.82. The molecule has 0 saturated carbocycles. The molecular weight excluding hydrogens is 134 g/mol. The van der Waals surface area contributed by atoms with Gasteiger partial charge in [0.25, 0.3) is 0 Å². The smallest absolute Gasteiger partial charge is 0.215 e. The fourth-order valence-electron chi connectivity index (χ4n) is 0.530. The van der Waals surface area contributed by atoms with E-state index in [1.165, 1.54) is 14.2 Å². The van der Waals surface area contributed by atoms with Crippen molar-refractivity contribution in [1.82, 2.24) is 5.32 Å². The predicted molar refractivity (Wildman–Crippen MR) is 37.5 cm³/mol. The van der Waals surface area contributed by atoms with Crippen LogP contribution >= 0.6 is 0 Å². The van der Waals surface area contributed by atoms with Crippen LogP contribution in [0.2, 0.25) is 0 Å². The third-order valence-electron chi connectivity index (χ3n) is 1.01. The van der Waals surface area contributed by atoms with E-state index in [0.717, 1.165) is 0 Å². The molecule has 0 heterocycles. The standard InChI is InChI=1S/C6H15NO3/c1-5(8)4-7-6(9-2)10-3/h5-8H,4H2,1-3H3. The summed E-state index contributed by atoms with van der Waals surface area (Å²) in [7, 11) is 3.06. The zero-order valence-electron chi connectivity index (χ0n) is 6.63. The van der Waals surface area contributed by atoms with Crippen LogP contribution in [0.5, 0.6) is 0 Å².